The third-order valence-electron chi connectivity index (χ3n) is 5.30. The van der Waals surface area contributed by atoms with Crippen molar-refractivity contribution in [3.05, 3.63) is 0 Å². The van der Waals surface area contributed by atoms with E-state index < -0.39 is 0 Å². The van der Waals surface area contributed by atoms with Crippen molar-refractivity contribution in [2.75, 3.05) is 13.2 Å². The smallest absolute Gasteiger partial charge is 0.0594 e. The first-order valence-electron chi connectivity index (χ1n) is 9.80. The zero-order chi connectivity index (χ0) is 14.6. The molecule has 0 unspecified atom stereocenters. The summed E-state index contributed by atoms with van der Waals surface area (Å²) in [5, 5.41) is 3.77. The summed E-state index contributed by atoms with van der Waals surface area (Å²) in [4.78, 5) is 0. The molecule has 0 radical (unpaired) electrons. The van der Waals surface area contributed by atoms with Crippen molar-refractivity contribution in [3.63, 3.8) is 0 Å². The van der Waals surface area contributed by atoms with Gasteiger partial charge in [0.05, 0.1) is 12.7 Å². The van der Waals surface area contributed by atoms with Crippen molar-refractivity contribution in [1.82, 2.24) is 5.32 Å². The summed E-state index contributed by atoms with van der Waals surface area (Å²) in [7, 11) is 0. The Kier molecular flexibility index (Phi) is 9.45. The summed E-state index contributed by atoms with van der Waals surface area (Å²) in [6, 6.07) is 0.747. The third kappa shape index (κ3) is 8.21. The molecule has 0 aromatic rings. The van der Waals surface area contributed by atoms with Crippen molar-refractivity contribution in [1.29, 1.82) is 0 Å². The van der Waals surface area contributed by atoms with Gasteiger partial charge in [-0.15, -0.1) is 0 Å². The van der Waals surface area contributed by atoms with E-state index in [-0.39, 0.29) is 0 Å². The average molecular weight is 296 g/mol. The fraction of sp³-hybridized carbons (Fsp3) is 1.00. The molecule has 21 heavy (non-hydrogen) atoms. The van der Waals surface area contributed by atoms with E-state index in [9.17, 15) is 0 Å². The van der Waals surface area contributed by atoms with E-state index in [1.165, 1.54) is 96.3 Å². The predicted molar refractivity (Wildman–Crippen MR) is 90.8 cm³/mol. The van der Waals surface area contributed by atoms with Gasteiger partial charge in [0.1, 0.15) is 0 Å². The molecule has 124 valence electrons. The Morgan fingerprint density at radius 1 is 0.619 bits per heavy atom. The SMILES string of the molecule is C1CCCCCC(NCCOC2CCCC2)CCCCC1. The van der Waals surface area contributed by atoms with E-state index in [1.807, 2.05) is 0 Å². The molecule has 0 aromatic heterocycles. The molecule has 2 aliphatic rings. The molecule has 0 saturated heterocycles. The molecule has 2 fully saturated rings. The largest absolute Gasteiger partial charge is 0.377 e. The van der Waals surface area contributed by atoms with E-state index in [4.69, 9.17) is 4.74 Å². The van der Waals surface area contributed by atoms with Crippen molar-refractivity contribution < 1.29 is 4.74 Å². The Morgan fingerprint density at radius 3 is 1.67 bits per heavy atom. The van der Waals surface area contributed by atoms with Gasteiger partial charge >= 0.3 is 0 Å². The van der Waals surface area contributed by atoms with Gasteiger partial charge in [0.25, 0.3) is 0 Å². The van der Waals surface area contributed by atoms with Crippen LogP contribution in [0.5, 0.6) is 0 Å². The molecule has 0 spiro atoms. The summed E-state index contributed by atoms with van der Waals surface area (Å²) in [6.45, 7) is 1.97. The fourth-order valence-corrected chi connectivity index (χ4v) is 3.91. The molecule has 0 bridgehead atoms. The highest BCUT2D eigenvalue weighted by Crippen LogP contribution is 2.20. The van der Waals surface area contributed by atoms with Crippen LogP contribution in [0.15, 0.2) is 0 Å². The first-order chi connectivity index (χ1) is 10.4. The van der Waals surface area contributed by atoms with Crippen molar-refractivity contribution in [3.8, 4) is 0 Å². The van der Waals surface area contributed by atoms with Crippen molar-refractivity contribution in [2.45, 2.75) is 108 Å². The van der Waals surface area contributed by atoms with Crippen LogP contribution in [0.2, 0.25) is 0 Å². The second-order valence-corrected chi connectivity index (χ2v) is 7.19. The quantitative estimate of drug-likeness (QED) is 0.703. The minimum Gasteiger partial charge on any atom is -0.377 e. The van der Waals surface area contributed by atoms with E-state index in [2.05, 4.69) is 5.32 Å². The molecule has 2 nitrogen and oxygen atoms in total. The van der Waals surface area contributed by atoms with Gasteiger partial charge in [0.2, 0.25) is 0 Å². The number of hydrogen-bond acceptors (Lipinski definition) is 2. The maximum atomic E-state index is 5.97. The minimum absolute atomic E-state index is 0.572. The molecule has 2 saturated carbocycles. The number of rotatable bonds is 5. The van der Waals surface area contributed by atoms with Crippen molar-refractivity contribution >= 4 is 0 Å². The van der Waals surface area contributed by atoms with Crippen molar-refractivity contribution in [2.24, 2.45) is 0 Å². The molecule has 0 aromatic carbocycles. The molecular weight excluding hydrogens is 258 g/mol. The summed E-state index contributed by atoms with van der Waals surface area (Å²) in [6.07, 6.45) is 21.7. The van der Waals surface area contributed by atoms with Crippen LogP contribution in [0.1, 0.15) is 96.3 Å². The first kappa shape index (κ1) is 17.3. The molecule has 0 heterocycles. The Balaban J connectivity index is 1.56. The monoisotopic (exact) mass is 295 g/mol. The highest BCUT2D eigenvalue weighted by Gasteiger charge is 2.15. The molecule has 2 heteroatoms. The van der Waals surface area contributed by atoms with Crippen LogP contribution in [-0.2, 0) is 4.74 Å². The lowest BCUT2D eigenvalue weighted by Gasteiger charge is -2.20. The van der Waals surface area contributed by atoms with E-state index in [0.29, 0.717) is 6.10 Å². The van der Waals surface area contributed by atoms with Gasteiger partial charge in [0, 0.05) is 12.6 Å². The van der Waals surface area contributed by atoms with E-state index in [0.717, 1.165) is 19.2 Å². The van der Waals surface area contributed by atoms with Crippen LogP contribution in [0, 0.1) is 0 Å². The van der Waals surface area contributed by atoms with Gasteiger partial charge < -0.3 is 10.1 Å². The van der Waals surface area contributed by atoms with Crippen LogP contribution in [0.3, 0.4) is 0 Å². The molecule has 0 atom stereocenters. The second-order valence-electron chi connectivity index (χ2n) is 7.19. The minimum atomic E-state index is 0.572. The zero-order valence-electron chi connectivity index (χ0n) is 14.1. The highest BCUT2D eigenvalue weighted by atomic mass is 16.5. The van der Waals surface area contributed by atoms with Gasteiger partial charge in [-0.3, -0.25) is 0 Å². The Morgan fingerprint density at radius 2 is 1.10 bits per heavy atom. The van der Waals surface area contributed by atoms with Gasteiger partial charge in [-0.25, -0.2) is 0 Å². The second kappa shape index (κ2) is 11.5. The lowest BCUT2D eigenvalue weighted by molar-refractivity contribution is 0.0587. The molecule has 2 aliphatic carbocycles. The predicted octanol–water partition coefficient (Wildman–Crippen LogP) is 5.21. The maximum absolute atomic E-state index is 5.97. The average Bonchev–Trinajstić information content (AvgIpc) is 2.99. The van der Waals surface area contributed by atoms with Gasteiger partial charge in [0.15, 0.2) is 0 Å². The normalized spacial score (nSPS) is 24.6. The Labute approximate surface area is 132 Å². The number of hydrogen-bond donors (Lipinski definition) is 1. The fourth-order valence-electron chi connectivity index (χ4n) is 3.91. The Hall–Kier alpha value is -0.0800. The van der Waals surface area contributed by atoms with Crippen LogP contribution in [0.25, 0.3) is 0 Å². The maximum Gasteiger partial charge on any atom is 0.0594 e. The van der Waals surface area contributed by atoms with Gasteiger partial charge in [-0.1, -0.05) is 70.6 Å². The topological polar surface area (TPSA) is 21.3 Å². The highest BCUT2D eigenvalue weighted by molar-refractivity contribution is 4.70. The number of ether oxygens (including phenoxy) is 1. The summed E-state index contributed by atoms with van der Waals surface area (Å²) >= 11 is 0. The standard InChI is InChI=1S/C19H37NO/c1-2-4-6-8-12-18(13-9-7-5-3-1)20-16-17-21-19-14-10-11-15-19/h18-20H,1-17H2. The van der Waals surface area contributed by atoms with Gasteiger partial charge in [-0.2, -0.15) is 0 Å². The summed E-state index contributed by atoms with van der Waals surface area (Å²) < 4.78 is 5.97. The third-order valence-corrected chi connectivity index (χ3v) is 5.30. The molecule has 1 N–H and O–H groups in total. The molecule has 2 rings (SSSR count). The van der Waals surface area contributed by atoms with E-state index >= 15 is 0 Å². The van der Waals surface area contributed by atoms with Gasteiger partial charge in [-0.05, 0) is 25.7 Å². The van der Waals surface area contributed by atoms with Crippen LogP contribution in [-0.4, -0.2) is 25.3 Å². The first-order valence-corrected chi connectivity index (χ1v) is 9.80. The van der Waals surface area contributed by atoms with E-state index in [1.54, 1.807) is 0 Å². The summed E-state index contributed by atoms with van der Waals surface area (Å²) in [5.74, 6) is 0. The van der Waals surface area contributed by atoms with Crippen LogP contribution >= 0.6 is 0 Å². The molecular formula is C19H37NO. The van der Waals surface area contributed by atoms with Crippen LogP contribution < -0.4 is 5.32 Å². The summed E-state index contributed by atoms with van der Waals surface area (Å²) in [5.41, 5.74) is 0. The number of nitrogens with one attached hydrogen (secondary N) is 1. The molecule has 0 aliphatic heterocycles. The lowest BCUT2D eigenvalue weighted by atomic mass is 9.98. The lowest BCUT2D eigenvalue weighted by Crippen LogP contribution is -2.32. The van der Waals surface area contributed by atoms with Crippen LogP contribution in [0.4, 0.5) is 0 Å². The molecule has 0 amide bonds. The Bertz CT molecular complexity index is 226. The zero-order valence-corrected chi connectivity index (χ0v) is 14.1.